The molecule has 278 valence electrons. The highest BCUT2D eigenvalue weighted by Gasteiger charge is 2.56. The predicted octanol–water partition coefficient (Wildman–Crippen LogP) is 7.08. The van der Waals surface area contributed by atoms with E-state index in [0.29, 0.717) is 18.4 Å². The third-order valence-electron chi connectivity index (χ3n) is 11.0. The summed E-state index contributed by atoms with van der Waals surface area (Å²) in [7, 11) is -3.01. The molecule has 0 spiro atoms. The van der Waals surface area contributed by atoms with Crippen LogP contribution in [0.15, 0.2) is 119 Å². The Balaban J connectivity index is 1.40. The van der Waals surface area contributed by atoms with Gasteiger partial charge in [0.1, 0.15) is 5.75 Å². The van der Waals surface area contributed by atoms with Crippen molar-refractivity contribution in [2.24, 2.45) is 17.8 Å². The van der Waals surface area contributed by atoms with Gasteiger partial charge in [0.15, 0.2) is 0 Å². The number of benzene rings is 3. The summed E-state index contributed by atoms with van der Waals surface area (Å²) in [4.78, 5) is 30.5. The van der Waals surface area contributed by atoms with E-state index >= 15 is 0 Å². The fourth-order valence-electron chi connectivity index (χ4n) is 8.51. The van der Waals surface area contributed by atoms with Crippen LogP contribution < -0.4 is 10.4 Å². The minimum absolute atomic E-state index is 0.158. The molecule has 6 rings (SSSR count). The molecule has 1 fully saturated rings. The molecule has 3 aromatic carbocycles. The molecule has 9 heteroatoms. The van der Waals surface area contributed by atoms with E-state index in [-0.39, 0.29) is 48.8 Å². The normalized spacial score (nSPS) is 20.2. The number of imide groups is 1. The number of amides is 2. The SMILES string of the molecule is CC/C(=C\c1cccc(O)c1)CC[C@@H](O)C1=C(CO[Si](c2ccccc2)(c2ccccc2)C(C)(C)C)C[C@H]2C(=O)N(Cc3cccs3)C(=O)[C@H]2[C@H]1CO. The number of phenols is 1. The first-order valence-corrected chi connectivity index (χ1v) is 21.4. The van der Waals surface area contributed by atoms with Crippen molar-refractivity contribution in [2.45, 2.75) is 71.1 Å². The Morgan fingerprint density at radius 1 is 0.962 bits per heavy atom. The Morgan fingerprint density at radius 2 is 1.64 bits per heavy atom. The minimum Gasteiger partial charge on any atom is -0.508 e. The number of aliphatic hydroxyl groups excluding tert-OH is 2. The van der Waals surface area contributed by atoms with E-state index in [2.05, 4.69) is 52.0 Å². The fourth-order valence-corrected chi connectivity index (χ4v) is 13.7. The van der Waals surface area contributed by atoms with Crippen molar-refractivity contribution in [3.05, 3.63) is 130 Å². The second-order valence-corrected chi connectivity index (χ2v) is 20.6. The van der Waals surface area contributed by atoms with Gasteiger partial charge in [-0.15, -0.1) is 11.3 Å². The number of nitrogens with zero attached hydrogens (tertiary/aromatic N) is 1. The van der Waals surface area contributed by atoms with Crippen molar-refractivity contribution < 1.29 is 29.3 Å². The summed E-state index contributed by atoms with van der Waals surface area (Å²) in [5.74, 6) is -2.47. The van der Waals surface area contributed by atoms with Crippen LogP contribution in [0, 0.1) is 17.8 Å². The number of carbonyl (C=O) groups excluding carboxylic acids is 2. The molecule has 1 aliphatic heterocycles. The van der Waals surface area contributed by atoms with Gasteiger partial charge in [0.25, 0.3) is 8.32 Å². The second kappa shape index (κ2) is 16.5. The summed E-state index contributed by atoms with van der Waals surface area (Å²) in [6.45, 7) is 8.69. The van der Waals surface area contributed by atoms with Crippen molar-refractivity contribution in [3.63, 3.8) is 0 Å². The first-order valence-electron chi connectivity index (χ1n) is 18.6. The Kier molecular flexibility index (Phi) is 12.0. The highest BCUT2D eigenvalue weighted by atomic mass is 32.1. The van der Waals surface area contributed by atoms with E-state index in [4.69, 9.17) is 4.43 Å². The molecule has 0 radical (unpaired) electrons. The Labute approximate surface area is 318 Å². The molecule has 3 N–H and O–H groups in total. The summed E-state index contributed by atoms with van der Waals surface area (Å²) in [5.41, 5.74) is 3.40. The third-order valence-corrected chi connectivity index (χ3v) is 16.9. The molecule has 0 bridgehead atoms. The Hall–Kier alpha value is -4.12. The molecule has 7 nitrogen and oxygen atoms in total. The summed E-state index contributed by atoms with van der Waals surface area (Å²) < 4.78 is 7.38. The van der Waals surface area contributed by atoms with E-state index in [1.165, 1.54) is 16.2 Å². The fraction of sp³-hybridized carbons (Fsp3) is 0.364. The van der Waals surface area contributed by atoms with Crippen LogP contribution in [0.5, 0.6) is 5.75 Å². The van der Waals surface area contributed by atoms with Gasteiger partial charge in [-0.05, 0) is 81.4 Å². The highest BCUT2D eigenvalue weighted by molar-refractivity contribution is 7.09. The molecule has 2 aliphatic rings. The number of hydrogen-bond acceptors (Lipinski definition) is 7. The molecule has 0 unspecified atom stereocenters. The third kappa shape index (κ3) is 7.91. The number of hydrogen-bond donors (Lipinski definition) is 3. The standard InChI is InChI=1S/C44H51NO6SSi/c1-5-30(24-31-14-12-15-33(47)25-31)21-22-39(48)40-32(26-37-41(38(40)28-46)43(50)45(42(37)49)27-34-16-13-23-52-34)29-51-53(44(2,3)4,35-17-8-6-9-18-35)36-19-10-7-11-20-36/h6-20,23-25,37-39,41,46-48H,5,21-22,26-29H2,1-4H3/b30-24+/t37-,38+,39-,41-/m1/s1. The molecule has 2 heterocycles. The zero-order valence-corrected chi connectivity index (χ0v) is 32.9. The maximum Gasteiger partial charge on any atom is 0.261 e. The molecule has 1 saturated heterocycles. The van der Waals surface area contributed by atoms with E-state index in [0.717, 1.165) is 38.4 Å². The zero-order valence-electron chi connectivity index (χ0n) is 31.1. The molecule has 2 amide bonds. The number of aromatic hydroxyl groups is 1. The van der Waals surface area contributed by atoms with E-state index in [9.17, 15) is 24.9 Å². The number of likely N-dealkylation sites (tertiary alicyclic amines) is 1. The minimum atomic E-state index is -3.01. The van der Waals surface area contributed by atoms with Crippen LogP contribution in [-0.4, -0.2) is 59.7 Å². The number of phenolic OH excluding ortho intramolecular Hbond substituents is 1. The van der Waals surface area contributed by atoms with Crippen molar-refractivity contribution >= 4 is 47.9 Å². The molecule has 4 aromatic rings. The maximum atomic E-state index is 14.1. The van der Waals surface area contributed by atoms with Crippen LogP contribution in [-0.2, 0) is 20.6 Å². The van der Waals surface area contributed by atoms with Crippen LogP contribution in [0.1, 0.15) is 63.8 Å². The smallest absolute Gasteiger partial charge is 0.261 e. The van der Waals surface area contributed by atoms with E-state index < -0.39 is 32.2 Å². The lowest BCUT2D eigenvalue weighted by Crippen LogP contribution is -2.66. The van der Waals surface area contributed by atoms with Crippen molar-refractivity contribution in [2.75, 3.05) is 13.2 Å². The summed E-state index contributed by atoms with van der Waals surface area (Å²) in [6.07, 6.45) is 3.03. The molecule has 1 aromatic heterocycles. The van der Waals surface area contributed by atoms with Crippen LogP contribution in [0.25, 0.3) is 6.08 Å². The van der Waals surface area contributed by atoms with Crippen LogP contribution in [0.4, 0.5) is 0 Å². The highest BCUT2D eigenvalue weighted by Crippen LogP contribution is 2.47. The van der Waals surface area contributed by atoms with Crippen molar-refractivity contribution in [1.82, 2.24) is 4.90 Å². The average molecular weight is 750 g/mol. The Bertz CT molecular complexity index is 1900. The average Bonchev–Trinajstić information content (AvgIpc) is 3.76. The van der Waals surface area contributed by atoms with Gasteiger partial charge in [-0.1, -0.05) is 118 Å². The first-order chi connectivity index (χ1) is 25.5. The van der Waals surface area contributed by atoms with Gasteiger partial charge in [-0.2, -0.15) is 0 Å². The number of rotatable bonds is 14. The van der Waals surface area contributed by atoms with E-state index in [1.807, 2.05) is 66.1 Å². The first kappa shape index (κ1) is 38.6. The number of thiophene rings is 1. The quantitative estimate of drug-likeness (QED) is 0.0724. The molecule has 0 saturated carbocycles. The maximum absolute atomic E-state index is 14.1. The topological polar surface area (TPSA) is 107 Å². The lowest BCUT2D eigenvalue weighted by atomic mass is 9.68. The zero-order chi connectivity index (χ0) is 37.8. The summed E-state index contributed by atoms with van der Waals surface area (Å²) in [6, 6.07) is 31.6. The van der Waals surface area contributed by atoms with Gasteiger partial charge in [0, 0.05) is 10.8 Å². The van der Waals surface area contributed by atoms with Gasteiger partial charge in [-0.25, -0.2) is 0 Å². The summed E-state index contributed by atoms with van der Waals surface area (Å²) in [5, 5.41) is 37.2. The van der Waals surface area contributed by atoms with Crippen LogP contribution in [0.3, 0.4) is 0 Å². The number of allylic oxidation sites excluding steroid dienone is 1. The largest absolute Gasteiger partial charge is 0.508 e. The summed E-state index contributed by atoms with van der Waals surface area (Å²) >= 11 is 1.50. The molecular weight excluding hydrogens is 699 g/mol. The number of carbonyl (C=O) groups is 2. The van der Waals surface area contributed by atoms with Crippen molar-refractivity contribution in [3.8, 4) is 5.75 Å². The lowest BCUT2D eigenvalue weighted by molar-refractivity contribution is -0.140. The van der Waals surface area contributed by atoms with Crippen molar-refractivity contribution in [1.29, 1.82) is 0 Å². The lowest BCUT2D eigenvalue weighted by Gasteiger charge is -2.44. The van der Waals surface area contributed by atoms with E-state index in [1.54, 1.807) is 18.2 Å². The van der Waals surface area contributed by atoms with Gasteiger partial charge >= 0.3 is 0 Å². The number of aliphatic hydroxyl groups is 2. The van der Waals surface area contributed by atoms with Gasteiger partial charge in [-0.3, -0.25) is 14.5 Å². The molecule has 1 aliphatic carbocycles. The van der Waals surface area contributed by atoms with Gasteiger partial charge in [0.05, 0.1) is 37.7 Å². The Morgan fingerprint density at radius 3 is 2.21 bits per heavy atom. The molecule has 4 atom stereocenters. The monoisotopic (exact) mass is 749 g/mol. The van der Waals surface area contributed by atoms with Crippen LogP contribution in [0.2, 0.25) is 5.04 Å². The van der Waals surface area contributed by atoms with Crippen LogP contribution >= 0.6 is 11.3 Å². The predicted molar refractivity (Wildman–Crippen MR) is 214 cm³/mol. The molecule has 53 heavy (non-hydrogen) atoms. The molecular formula is C44H51NO6SSi. The van der Waals surface area contributed by atoms with Gasteiger partial charge < -0.3 is 19.7 Å². The number of fused-ring (bicyclic) bond motifs is 1. The van der Waals surface area contributed by atoms with Gasteiger partial charge in [0.2, 0.25) is 11.8 Å². The second-order valence-electron chi connectivity index (χ2n) is 15.3.